The highest BCUT2D eigenvalue weighted by Crippen LogP contribution is 2.65. The quantitative estimate of drug-likeness (QED) is 0.643. The van der Waals surface area contributed by atoms with Crippen LogP contribution in [0, 0.1) is 17.3 Å². The molecule has 0 saturated heterocycles. The molecule has 0 aromatic heterocycles. The molecule has 0 bridgehead atoms. The van der Waals surface area contributed by atoms with Crippen LogP contribution in [0.15, 0.2) is 0 Å². The van der Waals surface area contributed by atoms with Crippen LogP contribution in [0.25, 0.3) is 0 Å². The first-order chi connectivity index (χ1) is 5.72. The Hall–Kier alpha value is -0.570. The summed E-state index contributed by atoms with van der Waals surface area (Å²) < 4.78 is 0. The Balaban J connectivity index is 2.15. The number of carboxylic acid groups (broad SMARTS) is 1. The predicted molar refractivity (Wildman–Crippen MR) is 44.6 cm³/mol. The standard InChI is InChI=1S/C9H15NO2/c10-5-9-4-2-1-3-6(9)7(9)8(11)12/h6-7H,1-5,10H2,(H,11,12)/t6-,7+,9+/m0/s1. The molecule has 0 unspecified atom stereocenters. The number of rotatable bonds is 2. The van der Waals surface area contributed by atoms with Crippen LogP contribution in [-0.2, 0) is 4.79 Å². The summed E-state index contributed by atoms with van der Waals surface area (Å²) in [5.41, 5.74) is 5.65. The fourth-order valence-electron chi connectivity index (χ4n) is 2.99. The van der Waals surface area contributed by atoms with E-state index in [1.54, 1.807) is 0 Å². The van der Waals surface area contributed by atoms with E-state index >= 15 is 0 Å². The second-order valence-electron chi connectivity index (χ2n) is 4.11. The van der Waals surface area contributed by atoms with Gasteiger partial charge in [-0.15, -0.1) is 0 Å². The minimum atomic E-state index is -0.632. The number of nitrogens with two attached hydrogens (primary N) is 1. The van der Waals surface area contributed by atoms with Crippen molar-refractivity contribution in [2.45, 2.75) is 25.7 Å². The summed E-state index contributed by atoms with van der Waals surface area (Å²) >= 11 is 0. The zero-order chi connectivity index (χ0) is 8.77. The number of aliphatic carboxylic acids is 1. The highest BCUT2D eigenvalue weighted by molar-refractivity contribution is 5.76. The van der Waals surface area contributed by atoms with Gasteiger partial charge in [0.05, 0.1) is 5.92 Å². The monoisotopic (exact) mass is 169 g/mol. The molecule has 2 rings (SSSR count). The molecule has 2 fully saturated rings. The van der Waals surface area contributed by atoms with E-state index in [-0.39, 0.29) is 11.3 Å². The van der Waals surface area contributed by atoms with Crippen LogP contribution in [0.3, 0.4) is 0 Å². The van der Waals surface area contributed by atoms with Gasteiger partial charge >= 0.3 is 5.97 Å². The average molecular weight is 169 g/mol. The van der Waals surface area contributed by atoms with Crippen LogP contribution in [-0.4, -0.2) is 17.6 Å². The van der Waals surface area contributed by atoms with Gasteiger partial charge in [0.1, 0.15) is 0 Å². The highest BCUT2D eigenvalue weighted by Gasteiger charge is 2.67. The van der Waals surface area contributed by atoms with E-state index in [9.17, 15) is 4.79 Å². The Kier molecular flexibility index (Phi) is 1.65. The van der Waals surface area contributed by atoms with Crippen LogP contribution in [0.4, 0.5) is 0 Å². The summed E-state index contributed by atoms with van der Waals surface area (Å²) in [7, 11) is 0. The second-order valence-corrected chi connectivity index (χ2v) is 4.11. The zero-order valence-corrected chi connectivity index (χ0v) is 7.12. The Labute approximate surface area is 71.9 Å². The minimum Gasteiger partial charge on any atom is -0.481 e. The number of carbonyl (C=O) groups is 1. The summed E-state index contributed by atoms with van der Waals surface area (Å²) in [6.45, 7) is 0.564. The average Bonchev–Trinajstić information content (AvgIpc) is 2.73. The largest absolute Gasteiger partial charge is 0.481 e. The van der Waals surface area contributed by atoms with Crippen molar-refractivity contribution in [3.63, 3.8) is 0 Å². The lowest BCUT2D eigenvalue weighted by Gasteiger charge is -2.19. The summed E-state index contributed by atoms with van der Waals surface area (Å²) in [6, 6.07) is 0. The lowest BCUT2D eigenvalue weighted by molar-refractivity contribution is -0.139. The number of carboxylic acids is 1. The van der Waals surface area contributed by atoms with E-state index in [1.165, 1.54) is 6.42 Å². The van der Waals surface area contributed by atoms with Crippen molar-refractivity contribution in [2.75, 3.05) is 6.54 Å². The van der Waals surface area contributed by atoms with Crippen LogP contribution in [0.5, 0.6) is 0 Å². The van der Waals surface area contributed by atoms with E-state index in [0.717, 1.165) is 19.3 Å². The third-order valence-electron chi connectivity index (χ3n) is 3.70. The van der Waals surface area contributed by atoms with E-state index in [1.807, 2.05) is 0 Å². The third-order valence-corrected chi connectivity index (χ3v) is 3.70. The van der Waals surface area contributed by atoms with Gasteiger partial charge in [0, 0.05) is 0 Å². The van der Waals surface area contributed by atoms with Gasteiger partial charge in [-0.1, -0.05) is 12.8 Å². The van der Waals surface area contributed by atoms with E-state index in [0.29, 0.717) is 12.5 Å². The van der Waals surface area contributed by atoms with Crippen molar-refractivity contribution >= 4 is 5.97 Å². The molecule has 0 heterocycles. The maximum absolute atomic E-state index is 10.8. The van der Waals surface area contributed by atoms with Crippen molar-refractivity contribution in [1.29, 1.82) is 0 Å². The molecule has 2 aliphatic rings. The van der Waals surface area contributed by atoms with Crippen molar-refractivity contribution in [3.8, 4) is 0 Å². The number of fused-ring (bicyclic) bond motifs is 1. The van der Waals surface area contributed by atoms with Gasteiger partial charge in [0.15, 0.2) is 0 Å². The molecule has 2 saturated carbocycles. The van der Waals surface area contributed by atoms with Crippen molar-refractivity contribution in [2.24, 2.45) is 23.0 Å². The van der Waals surface area contributed by atoms with Crippen LogP contribution in [0.1, 0.15) is 25.7 Å². The van der Waals surface area contributed by atoms with E-state index in [4.69, 9.17) is 10.8 Å². The third kappa shape index (κ3) is 0.829. The van der Waals surface area contributed by atoms with E-state index in [2.05, 4.69) is 0 Å². The normalized spacial score (nSPS) is 45.1. The first kappa shape index (κ1) is 8.05. The molecular formula is C9H15NO2. The lowest BCUT2D eigenvalue weighted by atomic mass is 9.88. The van der Waals surface area contributed by atoms with Gasteiger partial charge in [0.25, 0.3) is 0 Å². The molecule has 3 N–H and O–H groups in total. The molecule has 0 aromatic rings. The molecule has 3 heteroatoms. The Morgan fingerprint density at radius 3 is 2.83 bits per heavy atom. The van der Waals surface area contributed by atoms with Gasteiger partial charge in [0.2, 0.25) is 0 Å². The molecule has 0 aliphatic heterocycles. The minimum absolute atomic E-state index is 0.00405. The van der Waals surface area contributed by atoms with Crippen molar-refractivity contribution < 1.29 is 9.90 Å². The maximum atomic E-state index is 10.8. The van der Waals surface area contributed by atoms with Crippen LogP contribution in [0.2, 0.25) is 0 Å². The molecule has 0 spiro atoms. The van der Waals surface area contributed by atoms with Crippen molar-refractivity contribution in [3.05, 3.63) is 0 Å². The molecule has 3 nitrogen and oxygen atoms in total. The number of hydrogen-bond acceptors (Lipinski definition) is 2. The second kappa shape index (κ2) is 2.46. The first-order valence-electron chi connectivity index (χ1n) is 4.65. The molecule has 0 amide bonds. The van der Waals surface area contributed by atoms with Gasteiger partial charge in [-0.3, -0.25) is 4.79 Å². The van der Waals surface area contributed by atoms with Gasteiger partial charge < -0.3 is 10.8 Å². The molecule has 0 aromatic carbocycles. The van der Waals surface area contributed by atoms with Crippen LogP contribution >= 0.6 is 0 Å². The Morgan fingerprint density at radius 2 is 2.33 bits per heavy atom. The molecule has 2 aliphatic carbocycles. The van der Waals surface area contributed by atoms with Gasteiger partial charge in [-0.05, 0) is 30.7 Å². The summed E-state index contributed by atoms with van der Waals surface area (Å²) in [6.07, 6.45) is 4.47. The summed E-state index contributed by atoms with van der Waals surface area (Å²) in [4.78, 5) is 10.8. The molecule has 3 atom stereocenters. The summed E-state index contributed by atoms with van der Waals surface area (Å²) in [5, 5.41) is 8.92. The maximum Gasteiger partial charge on any atom is 0.307 e. The molecule has 12 heavy (non-hydrogen) atoms. The Bertz CT molecular complexity index is 217. The van der Waals surface area contributed by atoms with Gasteiger partial charge in [-0.25, -0.2) is 0 Å². The fraction of sp³-hybridized carbons (Fsp3) is 0.889. The fourth-order valence-corrected chi connectivity index (χ4v) is 2.99. The first-order valence-corrected chi connectivity index (χ1v) is 4.65. The van der Waals surface area contributed by atoms with Gasteiger partial charge in [-0.2, -0.15) is 0 Å². The highest BCUT2D eigenvalue weighted by atomic mass is 16.4. The van der Waals surface area contributed by atoms with Crippen LogP contribution < -0.4 is 5.73 Å². The zero-order valence-electron chi connectivity index (χ0n) is 7.12. The topological polar surface area (TPSA) is 63.3 Å². The smallest absolute Gasteiger partial charge is 0.307 e. The summed E-state index contributed by atoms with van der Waals surface area (Å²) in [5.74, 6) is -0.355. The molecule has 68 valence electrons. The number of hydrogen-bond donors (Lipinski definition) is 2. The molecular weight excluding hydrogens is 154 g/mol. The lowest BCUT2D eigenvalue weighted by Crippen LogP contribution is -2.23. The molecule has 0 radical (unpaired) electrons. The predicted octanol–water partition coefficient (Wildman–Crippen LogP) is 0.836. The Morgan fingerprint density at radius 1 is 1.58 bits per heavy atom. The SMILES string of the molecule is NC[C@]12CCCC[C@H]1[C@@H]2C(=O)O. The van der Waals surface area contributed by atoms with E-state index < -0.39 is 5.97 Å². The van der Waals surface area contributed by atoms with Crippen molar-refractivity contribution in [1.82, 2.24) is 0 Å².